The Morgan fingerprint density at radius 3 is 2.50 bits per heavy atom. The maximum Gasteiger partial charge on any atom is 0.225 e. The molecule has 0 spiro atoms. The number of aryl methyl sites for hydroxylation is 2. The van der Waals surface area contributed by atoms with E-state index in [0.717, 1.165) is 48.8 Å². The molecule has 3 rings (SSSR count). The molecule has 20 heavy (non-hydrogen) atoms. The lowest BCUT2D eigenvalue weighted by Crippen LogP contribution is -2.37. The molecule has 6 heteroatoms. The smallest absolute Gasteiger partial charge is 0.225 e. The molecule has 1 aliphatic heterocycles. The van der Waals surface area contributed by atoms with E-state index in [1.165, 1.54) is 0 Å². The van der Waals surface area contributed by atoms with Gasteiger partial charge in [0.15, 0.2) is 5.82 Å². The molecular weight excluding hydrogens is 276 g/mol. The van der Waals surface area contributed by atoms with Gasteiger partial charge in [-0.3, -0.25) is 0 Å². The number of hydrogen-bond acceptors (Lipinski definition) is 4. The van der Waals surface area contributed by atoms with Crippen molar-refractivity contribution in [2.75, 3.05) is 31.2 Å². The number of rotatable bonds is 1. The van der Waals surface area contributed by atoms with Crippen LogP contribution in [-0.2, 0) is 11.8 Å². The fourth-order valence-electron chi connectivity index (χ4n) is 2.32. The summed E-state index contributed by atoms with van der Waals surface area (Å²) >= 11 is 6.02. The normalized spacial score (nSPS) is 15.2. The molecule has 0 bridgehead atoms. The summed E-state index contributed by atoms with van der Waals surface area (Å²) in [6.45, 7) is 9.19. The number of ether oxygens (including phenoxy) is 1. The first-order valence-corrected chi connectivity index (χ1v) is 7.37. The lowest BCUT2D eigenvalue weighted by molar-refractivity contribution is 0.122. The minimum Gasteiger partial charge on any atom is -0.378 e. The Hall–Kier alpha value is -1.33. The van der Waals surface area contributed by atoms with Crippen molar-refractivity contribution >= 4 is 28.5 Å². The average Bonchev–Trinajstić information content (AvgIpc) is 2.76. The van der Waals surface area contributed by atoms with Gasteiger partial charge in [0.05, 0.1) is 18.7 Å². The van der Waals surface area contributed by atoms with E-state index in [1.54, 1.807) is 0 Å². The first-order chi connectivity index (χ1) is 9.66. The molecule has 0 amide bonds. The highest BCUT2D eigenvalue weighted by Gasteiger charge is 2.19. The summed E-state index contributed by atoms with van der Waals surface area (Å²) in [6, 6.07) is 2.03. The Kier molecular flexibility index (Phi) is 4.83. The first-order valence-electron chi connectivity index (χ1n) is 6.99. The molecule has 2 aromatic heterocycles. The summed E-state index contributed by atoms with van der Waals surface area (Å²) in [5.41, 5.74) is 3.09. The van der Waals surface area contributed by atoms with Gasteiger partial charge in [0.25, 0.3) is 0 Å². The second kappa shape index (κ2) is 6.41. The molecule has 110 valence electrons. The Labute approximate surface area is 124 Å². The van der Waals surface area contributed by atoms with Crippen molar-refractivity contribution in [3.05, 3.63) is 17.0 Å². The highest BCUT2D eigenvalue weighted by molar-refractivity contribution is 6.28. The third-order valence-electron chi connectivity index (χ3n) is 3.39. The van der Waals surface area contributed by atoms with Crippen LogP contribution in [0, 0.1) is 6.92 Å². The molecular formula is C14H21ClN4O. The lowest BCUT2D eigenvalue weighted by atomic mass is 10.3. The average molecular weight is 297 g/mol. The van der Waals surface area contributed by atoms with Gasteiger partial charge in [-0.1, -0.05) is 13.8 Å². The van der Waals surface area contributed by atoms with Gasteiger partial charge in [-0.2, -0.15) is 4.98 Å². The molecule has 1 saturated heterocycles. The van der Waals surface area contributed by atoms with E-state index in [2.05, 4.69) is 26.4 Å². The predicted octanol–water partition coefficient (Wildman–Crippen LogP) is 2.79. The predicted molar refractivity (Wildman–Crippen MR) is 82.6 cm³/mol. The first kappa shape index (κ1) is 15.1. The maximum absolute atomic E-state index is 6.02. The fourth-order valence-corrected chi connectivity index (χ4v) is 2.49. The van der Waals surface area contributed by atoms with Gasteiger partial charge in [0, 0.05) is 25.8 Å². The SMILES string of the molecule is CC.Cc1cc2nc(Cl)nc(N3CCOCC3)c2n1C. The minimum absolute atomic E-state index is 0.301. The monoisotopic (exact) mass is 296 g/mol. The van der Waals surface area contributed by atoms with Crippen LogP contribution >= 0.6 is 11.6 Å². The maximum atomic E-state index is 6.02. The number of fused-ring (bicyclic) bond motifs is 1. The molecule has 0 aliphatic carbocycles. The van der Waals surface area contributed by atoms with Crippen LogP contribution in [0.3, 0.4) is 0 Å². The van der Waals surface area contributed by atoms with E-state index in [0.29, 0.717) is 5.28 Å². The Morgan fingerprint density at radius 2 is 1.85 bits per heavy atom. The van der Waals surface area contributed by atoms with Crippen molar-refractivity contribution < 1.29 is 4.74 Å². The van der Waals surface area contributed by atoms with E-state index in [-0.39, 0.29) is 0 Å². The molecule has 1 fully saturated rings. The lowest BCUT2D eigenvalue weighted by Gasteiger charge is -2.28. The highest BCUT2D eigenvalue weighted by Crippen LogP contribution is 2.28. The summed E-state index contributed by atoms with van der Waals surface area (Å²) < 4.78 is 7.48. The zero-order valence-corrected chi connectivity index (χ0v) is 13.2. The molecule has 0 aromatic carbocycles. The van der Waals surface area contributed by atoms with E-state index in [1.807, 2.05) is 27.0 Å². The molecule has 0 N–H and O–H groups in total. The molecule has 0 saturated carbocycles. The van der Waals surface area contributed by atoms with Gasteiger partial charge in [-0.15, -0.1) is 0 Å². The third kappa shape index (κ3) is 2.74. The van der Waals surface area contributed by atoms with Crippen LogP contribution in [0.1, 0.15) is 19.5 Å². The van der Waals surface area contributed by atoms with Crippen molar-refractivity contribution in [2.45, 2.75) is 20.8 Å². The van der Waals surface area contributed by atoms with E-state index < -0.39 is 0 Å². The topological polar surface area (TPSA) is 43.2 Å². The summed E-state index contributed by atoms with van der Waals surface area (Å²) in [6.07, 6.45) is 0. The van der Waals surface area contributed by atoms with Gasteiger partial charge in [0.1, 0.15) is 5.52 Å². The summed E-state index contributed by atoms with van der Waals surface area (Å²) in [5, 5.41) is 0.301. The van der Waals surface area contributed by atoms with Crippen LogP contribution in [0.15, 0.2) is 6.07 Å². The van der Waals surface area contributed by atoms with Crippen molar-refractivity contribution in [1.82, 2.24) is 14.5 Å². The Bertz CT molecular complexity index is 590. The number of halogens is 1. The van der Waals surface area contributed by atoms with Crippen molar-refractivity contribution in [2.24, 2.45) is 7.05 Å². The van der Waals surface area contributed by atoms with Crippen LogP contribution in [0.4, 0.5) is 5.82 Å². The van der Waals surface area contributed by atoms with Gasteiger partial charge in [-0.05, 0) is 24.6 Å². The van der Waals surface area contributed by atoms with E-state index in [4.69, 9.17) is 16.3 Å². The molecule has 0 atom stereocenters. The zero-order valence-electron chi connectivity index (χ0n) is 12.5. The summed E-state index contributed by atoms with van der Waals surface area (Å²) in [4.78, 5) is 10.9. The molecule has 2 aromatic rings. The van der Waals surface area contributed by atoms with Gasteiger partial charge in [-0.25, -0.2) is 4.98 Å². The Balaban J connectivity index is 0.000000704. The van der Waals surface area contributed by atoms with Crippen LogP contribution in [0.2, 0.25) is 5.28 Å². The third-order valence-corrected chi connectivity index (χ3v) is 3.56. The standard InChI is InChI=1S/C12H15ClN4O.C2H6/c1-8-7-9-10(16(8)2)11(15-12(13)14-9)17-3-5-18-6-4-17;1-2/h7H,3-6H2,1-2H3;1-2H3. The van der Waals surface area contributed by atoms with Crippen molar-refractivity contribution in [3.63, 3.8) is 0 Å². The molecule has 3 heterocycles. The fraction of sp³-hybridized carbons (Fsp3) is 0.571. The second-order valence-electron chi connectivity index (χ2n) is 4.49. The number of nitrogens with zero attached hydrogens (tertiary/aromatic N) is 4. The van der Waals surface area contributed by atoms with Gasteiger partial charge in [0.2, 0.25) is 5.28 Å². The molecule has 1 aliphatic rings. The van der Waals surface area contributed by atoms with Gasteiger partial charge >= 0.3 is 0 Å². The molecule has 5 nitrogen and oxygen atoms in total. The summed E-state index contributed by atoms with van der Waals surface area (Å²) in [7, 11) is 2.03. The molecule has 0 unspecified atom stereocenters. The quantitative estimate of drug-likeness (QED) is 0.759. The minimum atomic E-state index is 0.301. The van der Waals surface area contributed by atoms with Crippen molar-refractivity contribution in [1.29, 1.82) is 0 Å². The second-order valence-corrected chi connectivity index (χ2v) is 4.83. The van der Waals surface area contributed by atoms with Crippen LogP contribution in [0.5, 0.6) is 0 Å². The van der Waals surface area contributed by atoms with Crippen LogP contribution in [0.25, 0.3) is 11.0 Å². The van der Waals surface area contributed by atoms with E-state index >= 15 is 0 Å². The van der Waals surface area contributed by atoms with E-state index in [9.17, 15) is 0 Å². The van der Waals surface area contributed by atoms with Gasteiger partial charge < -0.3 is 14.2 Å². The zero-order chi connectivity index (χ0) is 14.7. The number of anilines is 1. The Morgan fingerprint density at radius 1 is 1.20 bits per heavy atom. The summed E-state index contributed by atoms with van der Waals surface area (Å²) in [5.74, 6) is 0.906. The van der Waals surface area contributed by atoms with Crippen LogP contribution < -0.4 is 4.90 Å². The highest BCUT2D eigenvalue weighted by atomic mass is 35.5. The van der Waals surface area contributed by atoms with Crippen molar-refractivity contribution in [3.8, 4) is 0 Å². The molecule has 0 radical (unpaired) electrons. The van der Waals surface area contributed by atoms with Crippen LogP contribution in [-0.4, -0.2) is 40.8 Å². The number of hydrogen-bond donors (Lipinski definition) is 0. The number of aromatic nitrogens is 3. The number of morpholine rings is 1. The largest absolute Gasteiger partial charge is 0.378 e.